The lowest BCUT2D eigenvalue weighted by molar-refractivity contribution is 0.0144. The third-order valence-corrected chi connectivity index (χ3v) is 4.16. The zero-order chi connectivity index (χ0) is 17.3. The Bertz CT molecular complexity index is 334. The van der Waals surface area contributed by atoms with Gasteiger partial charge in [0, 0.05) is 32.2 Å². The van der Waals surface area contributed by atoms with E-state index in [1.165, 1.54) is 25.7 Å². The molecule has 1 heterocycles. The van der Waals surface area contributed by atoms with Crippen molar-refractivity contribution in [2.24, 2.45) is 0 Å². The summed E-state index contributed by atoms with van der Waals surface area (Å²) in [5.74, 6) is 0. The molecule has 0 aromatic carbocycles. The van der Waals surface area contributed by atoms with Crippen LogP contribution in [0.5, 0.6) is 0 Å². The Balaban J connectivity index is 2.11. The molecule has 1 fully saturated rings. The molecule has 136 valence electrons. The van der Waals surface area contributed by atoms with Gasteiger partial charge in [0.1, 0.15) is 5.60 Å². The normalized spacial score (nSPS) is 18.0. The number of hydrogen-bond donors (Lipinski definition) is 1. The minimum atomic E-state index is -0.408. The van der Waals surface area contributed by atoms with Crippen LogP contribution >= 0.6 is 0 Å². The highest BCUT2D eigenvalue weighted by Crippen LogP contribution is 2.12. The smallest absolute Gasteiger partial charge is 0.410 e. The summed E-state index contributed by atoms with van der Waals surface area (Å²) in [4.78, 5) is 16.3. The van der Waals surface area contributed by atoms with Crippen molar-refractivity contribution in [3.8, 4) is 0 Å². The molecule has 1 atom stereocenters. The summed E-state index contributed by atoms with van der Waals surface area (Å²) < 4.78 is 5.43. The Labute approximate surface area is 142 Å². The van der Waals surface area contributed by atoms with E-state index >= 15 is 0 Å². The van der Waals surface area contributed by atoms with Crippen molar-refractivity contribution in [2.75, 3.05) is 39.3 Å². The maximum Gasteiger partial charge on any atom is 0.410 e. The highest BCUT2D eigenvalue weighted by Gasteiger charge is 2.25. The highest BCUT2D eigenvalue weighted by atomic mass is 16.6. The summed E-state index contributed by atoms with van der Waals surface area (Å²) in [6.07, 6.45) is 4.84. The van der Waals surface area contributed by atoms with Crippen molar-refractivity contribution in [1.82, 2.24) is 15.1 Å². The van der Waals surface area contributed by atoms with Gasteiger partial charge in [-0.2, -0.15) is 0 Å². The van der Waals surface area contributed by atoms with Gasteiger partial charge in [-0.15, -0.1) is 0 Å². The Morgan fingerprint density at radius 3 is 2.39 bits per heavy atom. The van der Waals surface area contributed by atoms with Crippen LogP contribution in [0.4, 0.5) is 4.79 Å². The summed E-state index contributed by atoms with van der Waals surface area (Å²) in [5.41, 5.74) is -0.408. The van der Waals surface area contributed by atoms with Crippen LogP contribution in [0.15, 0.2) is 0 Å². The van der Waals surface area contributed by atoms with E-state index < -0.39 is 5.60 Å². The average Bonchev–Trinajstić information content (AvgIpc) is 2.48. The lowest BCUT2D eigenvalue weighted by atomic mass is 10.1. The van der Waals surface area contributed by atoms with Gasteiger partial charge in [0.05, 0.1) is 0 Å². The number of unbranched alkanes of at least 4 members (excludes halogenated alkanes) is 1. The first-order valence-corrected chi connectivity index (χ1v) is 9.25. The zero-order valence-corrected chi connectivity index (χ0v) is 15.9. The SMILES string of the molecule is CCCCC(C)NCCCN1CCN(C(=O)OC(C)(C)C)CC1. The van der Waals surface area contributed by atoms with Crippen LogP contribution in [0.3, 0.4) is 0 Å². The van der Waals surface area contributed by atoms with Gasteiger partial charge in [-0.3, -0.25) is 4.90 Å². The lowest BCUT2D eigenvalue weighted by Gasteiger charge is -2.35. The maximum atomic E-state index is 12.0. The highest BCUT2D eigenvalue weighted by molar-refractivity contribution is 5.68. The van der Waals surface area contributed by atoms with Crippen LogP contribution < -0.4 is 5.32 Å². The molecule has 0 spiro atoms. The van der Waals surface area contributed by atoms with Gasteiger partial charge < -0.3 is 15.0 Å². The maximum absolute atomic E-state index is 12.0. The lowest BCUT2D eigenvalue weighted by Crippen LogP contribution is -2.50. The molecule has 1 aliphatic heterocycles. The van der Waals surface area contributed by atoms with Crippen molar-refractivity contribution in [3.63, 3.8) is 0 Å². The molecule has 0 aliphatic carbocycles. The molecule has 1 N–H and O–H groups in total. The van der Waals surface area contributed by atoms with Gasteiger partial charge >= 0.3 is 6.09 Å². The van der Waals surface area contributed by atoms with E-state index in [-0.39, 0.29) is 6.09 Å². The fourth-order valence-corrected chi connectivity index (χ4v) is 2.74. The third-order valence-electron chi connectivity index (χ3n) is 4.16. The summed E-state index contributed by atoms with van der Waals surface area (Å²) in [5, 5.41) is 3.60. The Hall–Kier alpha value is -0.810. The van der Waals surface area contributed by atoms with Gasteiger partial charge in [-0.25, -0.2) is 4.79 Å². The molecule has 0 bridgehead atoms. The van der Waals surface area contributed by atoms with Gasteiger partial charge in [-0.1, -0.05) is 19.8 Å². The van der Waals surface area contributed by atoms with E-state index in [9.17, 15) is 4.79 Å². The average molecular weight is 328 g/mol. The number of carbonyl (C=O) groups excluding carboxylic acids is 1. The number of carbonyl (C=O) groups is 1. The molecule has 1 rings (SSSR count). The minimum Gasteiger partial charge on any atom is -0.444 e. The standard InChI is InChI=1S/C18H37N3O2/c1-6-7-9-16(2)19-10-8-11-20-12-14-21(15-13-20)17(22)23-18(3,4)5/h16,19H,6-15H2,1-5H3. The van der Waals surface area contributed by atoms with Crippen LogP contribution in [0, 0.1) is 0 Å². The van der Waals surface area contributed by atoms with E-state index in [0.717, 1.165) is 39.3 Å². The van der Waals surface area contributed by atoms with E-state index in [1.807, 2.05) is 25.7 Å². The van der Waals surface area contributed by atoms with Gasteiger partial charge in [0.2, 0.25) is 0 Å². The van der Waals surface area contributed by atoms with Crippen LogP contribution in [-0.2, 0) is 4.74 Å². The van der Waals surface area contributed by atoms with Crippen molar-refractivity contribution >= 4 is 6.09 Å². The first-order valence-electron chi connectivity index (χ1n) is 9.25. The number of hydrogen-bond acceptors (Lipinski definition) is 4. The number of rotatable bonds is 8. The molecule has 1 amide bonds. The second kappa shape index (κ2) is 10.1. The van der Waals surface area contributed by atoms with E-state index in [4.69, 9.17) is 4.74 Å². The molecule has 1 unspecified atom stereocenters. The summed E-state index contributed by atoms with van der Waals surface area (Å²) in [6, 6.07) is 0.624. The van der Waals surface area contributed by atoms with E-state index in [1.54, 1.807) is 0 Å². The van der Waals surface area contributed by atoms with Crippen molar-refractivity contribution in [1.29, 1.82) is 0 Å². The molecule has 1 aliphatic rings. The largest absolute Gasteiger partial charge is 0.444 e. The van der Waals surface area contributed by atoms with Crippen LogP contribution in [0.1, 0.15) is 60.3 Å². The Kier molecular flexibility index (Phi) is 8.92. The molecule has 0 aromatic rings. The Morgan fingerprint density at radius 2 is 1.83 bits per heavy atom. The summed E-state index contributed by atoms with van der Waals surface area (Å²) in [7, 11) is 0. The van der Waals surface area contributed by atoms with Gasteiger partial charge in [0.25, 0.3) is 0 Å². The number of amides is 1. The van der Waals surface area contributed by atoms with Crippen LogP contribution in [0.25, 0.3) is 0 Å². The number of nitrogens with one attached hydrogen (secondary N) is 1. The number of nitrogens with zero attached hydrogens (tertiary/aromatic N) is 2. The molecule has 0 saturated carbocycles. The first kappa shape index (κ1) is 20.2. The van der Waals surface area contributed by atoms with Gasteiger partial charge in [0.15, 0.2) is 0 Å². The van der Waals surface area contributed by atoms with Crippen molar-refractivity contribution in [2.45, 2.75) is 71.9 Å². The summed E-state index contributed by atoms with van der Waals surface area (Å²) >= 11 is 0. The second-order valence-electron chi connectivity index (χ2n) is 7.66. The molecule has 23 heavy (non-hydrogen) atoms. The first-order chi connectivity index (χ1) is 10.8. The molecule has 0 radical (unpaired) electrons. The molecular weight excluding hydrogens is 290 g/mol. The molecular formula is C18H37N3O2. The van der Waals surface area contributed by atoms with Crippen LogP contribution in [-0.4, -0.2) is 66.8 Å². The summed E-state index contributed by atoms with van der Waals surface area (Å²) in [6.45, 7) is 15.9. The second-order valence-corrected chi connectivity index (χ2v) is 7.66. The van der Waals surface area contributed by atoms with E-state index in [0.29, 0.717) is 6.04 Å². The third kappa shape index (κ3) is 9.16. The van der Waals surface area contributed by atoms with Gasteiger partial charge in [-0.05, 0) is 53.6 Å². The minimum absolute atomic E-state index is 0.177. The predicted octanol–water partition coefficient (Wildman–Crippen LogP) is 3.10. The number of piperazine rings is 1. The fraction of sp³-hybridized carbons (Fsp3) is 0.944. The fourth-order valence-electron chi connectivity index (χ4n) is 2.74. The van der Waals surface area contributed by atoms with Crippen LogP contribution in [0.2, 0.25) is 0 Å². The Morgan fingerprint density at radius 1 is 1.17 bits per heavy atom. The molecule has 5 heteroatoms. The molecule has 1 saturated heterocycles. The zero-order valence-electron chi connectivity index (χ0n) is 15.9. The topological polar surface area (TPSA) is 44.8 Å². The monoisotopic (exact) mass is 327 g/mol. The molecule has 0 aromatic heterocycles. The van der Waals surface area contributed by atoms with Crippen molar-refractivity contribution < 1.29 is 9.53 Å². The quantitative estimate of drug-likeness (QED) is 0.696. The predicted molar refractivity (Wildman–Crippen MR) is 95.9 cm³/mol. The van der Waals surface area contributed by atoms with Crippen molar-refractivity contribution in [3.05, 3.63) is 0 Å². The molecule has 5 nitrogen and oxygen atoms in total. The van der Waals surface area contributed by atoms with E-state index in [2.05, 4.69) is 24.1 Å². The number of ether oxygens (including phenoxy) is 1.